The highest BCUT2D eigenvalue weighted by molar-refractivity contribution is 5.69. The predicted octanol–water partition coefficient (Wildman–Crippen LogP) is 2.14. The zero-order chi connectivity index (χ0) is 13.9. The van der Waals surface area contributed by atoms with E-state index >= 15 is 0 Å². The van der Waals surface area contributed by atoms with Crippen LogP contribution in [0.1, 0.15) is 20.3 Å². The first-order chi connectivity index (χ1) is 8.96. The fraction of sp³-hybridized carbons (Fsp3) is 0.308. The average Bonchev–Trinajstić information content (AvgIpc) is 2.81. The predicted molar refractivity (Wildman–Crippen MR) is 71.8 cm³/mol. The summed E-state index contributed by atoms with van der Waals surface area (Å²) in [6.45, 7) is 3.61. The lowest BCUT2D eigenvalue weighted by Crippen LogP contribution is -2.34. The summed E-state index contributed by atoms with van der Waals surface area (Å²) < 4.78 is 0. The first kappa shape index (κ1) is 13.1. The standard InChI is InChI=1S/C13H16N4O2/c1-13(2,8-12(18)19)15-11-6-5-10(16-17-11)9-4-3-7-14-9/h3-7,14H,8H2,1-2H3,(H,15,17)(H,18,19). The number of aromatic amines is 1. The fourth-order valence-electron chi connectivity index (χ4n) is 1.80. The fourth-order valence-corrected chi connectivity index (χ4v) is 1.80. The maximum absolute atomic E-state index is 10.7. The molecule has 2 aromatic heterocycles. The molecular weight excluding hydrogens is 244 g/mol. The number of aromatic nitrogens is 3. The number of carbonyl (C=O) groups is 1. The second-order valence-electron chi connectivity index (χ2n) is 4.97. The Balaban J connectivity index is 2.09. The lowest BCUT2D eigenvalue weighted by Gasteiger charge is -2.24. The number of rotatable bonds is 5. The summed E-state index contributed by atoms with van der Waals surface area (Å²) in [6, 6.07) is 7.41. The van der Waals surface area contributed by atoms with Gasteiger partial charge in [0.25, 0.3) is 0 Å². The van der Waals surface area contributed by atoms with Crippen molar-refractivity contribution >= 4 is 11.8 Å². The Kier molecular flexibility index (Phi) is 3.50. The Bertz CT molecular complexity index is 547. The smallest absolute Gasteiger partial charge is 0.305 e. The molecule has 6 heteroatoms. The molecule has 0 radical (unpaired) electrons. The molecular formula is C13H16N4O2. The van der Waals surface area contributed by atoms with Gasteiger partial charge in [0.1, 0.15) is 11.5 Å². The minimum Gasteiger partial charge on any atom is -0.481 e. The van der Waals surface area contributed by atoms with Crippen molar-refractivity contribution in [2.75, 3.05) is 5.32 Å². The number of nitrogens with zero attached hydrogens (tertiary/aromatic N) is 2. The van der Waals surface area contributed by atoms with Crippen LogP contribution >= 0.6 is 0 Å². The molecule has 0 saturated carbocycles. The van der Waals surface area contributed by atoms with E-state index in [0.717, 1.165) is 11.4 Å². The van der Waals surface area contributed by atoms with Gasteiger partial charge in [0, 0.05) is 11.7 Å². The largest absolute Gasteiger partial charge is 0.481 e. The Morgan fingerprint density at radius 2 is 2.16 bits per heavy atom. The van der Waals surface area contributed by atoms with Gasteiger partial charge < -0.3 is 15.4 Å². The lowest BCUT2D eigenvalue weighted by atomic mass is 10.0. The third-order valence-electron chi connectivity index (χ3n) is 2.60. The first-order valence-corrected chi connectivity index (χ1v) is 5.94. The molecule has 0 unspecified atom stereocenters. The van der Waals surface area contributed by atoms with Gasteiger partial charge in [-0.15, -0.1) is 10.2 Å². The SMILES string of the molecule is CC(C)(CC(=O)O)Nc1ccc(-c2ccc[nH]2)nn1. The van der Waals surface area contributed by atoms with Crippen LogP contribution in [0.2, 0.25) is 0 Å². The summed E-state index contributed by atoms with van der Waals surface area (Å²) >= 11 is 0. The van der Waals surface area contributed by atoms with Gasteiger partial charge in [0.05, 0.1) is 12.1 Å². The van der Waals surface area contributed by atoms with Gasteiger partial charge >= 0.3 is 5.97 Å². The number of carboxylic acid groups (broad SMARTS) is 1. The van der Waals surface area contributed by atoms with Crippen molar-refractivity contribution in [1.29, 1.82) is 0 Å². The van der Waals surface area contributed by atoms with Crippen LogP contribution < -0.4 is 5.32 Å². The molecule has 19 heavy (non-hydrogen) atoms. The third-order valence-corrected chi connectivity index (χ3v) is 2.60. The van der Waals surface area contributed by atoms with Gasteiger partial charge in [-0.1, -0.05) is 0 Å². The van der Waals surface area contributed by atoms with E-state index in [-0.39, 0.29) is 6.42 Å². The maximum Gasteiger partial charge on any atom is 0.305 e. The Morgan fingerprint density at radius 1 is 1.37 bits per heavy atom. The van der Waals surface area contributed by atoms with Crippen molar-refractivity contribution in [2.24, 2.45) is 0 Å². The van der Waals surface area contributed by atoms with Gasteiger partial charge in [-0.05, 0) is 38.1 Å². The second kappa shape index (κ2) is 5.09. The van der Waals surface area contributed by atoms with Gasteiger partial charge in [-0.25, -0.2) is 0 Å². The van der Waals surface area contributed by atoms with Crippen molar-refractivity contribution in [3.63, 3.8) is 0 Å². The Hall–Kier alpha value is -2.37. The van der Waals surface area contributed by atoms with Gasteiger partial charge in [0.2, 0.25) is 0 Å². The summed E-state index contributed by atoms with van der Waals surface area (Å²) in [5.41, 5.74) is 1.06. The summed E-state index contributed by atoms with van der Waals surface area (Å²) in [5, 5.41) is 20.0. The molecule has 0 aliphatic carbocycles. The van der Waals surface area contributed by atoms with E-state index in [1.165, 1.54) is 0 Å². The molecule has 0 bridgehead atoms. The van der Waals surface area contributed by atoms with E-state index in [9.17, 15) is 4.79 Å². The highest BCUT2D eigenvalue weighted by Gasteiger charge is 2.21. The van der Waals surface area contributed by atoms with E-state index < -0.39 is 11.5 Å². The molecule has 0 amide bonds. The van der Waals surface area contributed by atoms with Crippen molar-refractivity contribution in [1.82, 2.24) is 15.2 Å². The molecule has 0 aliphatic heterocycles. The van der Waals surface area contributed by atoms with E-state index in [2.05, 4.69) is 20.5 Å². The number of H-pyrrole nitrogens is 1. The van der Waals surface area contributed by atoms with Crippen LogP contribution in [0.15, 0.2) is 30.5 Å². The van der Waals surface area contributed by atoms with E-state index in [1.54, 1.807) is 6.07 Å². The minimum absolute atomic E-state index is 0.00700. The highest BCUT2D eigenvalue weighted by atomic mass is 16.4. The molecule has 2 rings (SSSR count). The molecule has 2 aromatic rings. The number of hydrogen-bond donors (Lipinski definition) is 3. The zero-order valence-corrected chi connectivity index (χ0v) is 10.8. The van der Waals surface area contributed by atoms with E-state index in [1.807, 2.05) is 38.2 Å². The highest BCUT2D eigenvalue weighted by Crippen LogP contribution is 2.18. The number of carboxylic acids is 1. The zero-order valence-electron chi connectivity index (χ0n) is 10.8. The quantitative estimate of drug-likeness (QED) is 0.766. The number of nitrogens with one attached hydrogen (secondary N) is 2. The van der Waals surface area contributed by atoms with Gasteiger partial charge in [-0.2, -0.15) is 0 Å². The number of anilines is 1. The van der Waals surface area contributed by atoms with Crippen LogP contribution in [-0.2, 0) is 4.79 Å². The molecule has 3 N–H and O–H groups in total. The first-order valence-electron chi connectivity index (χ1n) is 5.94. The molecule has 0 fully saturated rings. The van der Waals surface area contributed by atoms with E-state index in [0.29, 0.717) is 5.82 Å². The molecule has 2 heterocycles. The molecule has 0 atom stereocenters. The van der Waals surface area contributed by atoms with Crippen LogP contribution in [0, 0.1) is 0 Å². The van der Waals surface area contributed by atoms with Crippen molar-refractivity contribution in [3.05, 3.63) is 30.5 Å². The van der Waals surface area contributed by atoms with Crippen LogP contribution in [0.5, 0.6) is 0 Å². The lowest BCUT2D eigenvalue weighted by molar-refractivity contribution is -0.137. The van der Waals surface area contributed by atoms with E-state index in [4.69, 9.17) is 5.11 Å². The van der Waals surface area contributed by atoms with Crippen LogP contribution in [0.3, 0.4) is 0 Å². The molecule has 0 spiro atoms. The number of hydrogen-bond acceptors (Lipinski definition) is 4. The second-order valence-corrected chi connectivity index (χ2v) is 4.97. The third kappa shape index (κ3) is 3.54. The van der Waals surface area contributed by atoms with Crippen LogP contribution in [-0.4, -0.2) is 31.8 Å². The van der Waals surface area contributed by atoms with Crippen LogP contribution in [0.25, 0.3) is 11.4 Å². The number of aliphatic carboxylic acids is 1. The van der Waals surface area contributed by atoms with Crippen LogP contribution in [0.4, 0.5) is 5.82 Å². The summed E-state index contributed by atoms with van der Waals surface area (Å²) in [5.74, 6) is -0.296. The Morgan fingerprint density at radius 3 is 2.68 bits per heavy atom. The molecule has 0 aliphatic rings. The minimum atomic E-state index is -0.853. The molecule has 100 valence electrons. The van der Waals surface area contributed by atoms with Crippen molar-refractivity contribution < 1.29 is 9.90 Å². The Labute approximate surface area is 110 Å². The topological polar surface area (TPSA) is 90.9 Å². The molecule has 0 saturated heterocycles. The maximum atomic E-state index is 10.7. The van der Waals surface area contributed by atoms with Crippen molar-refractivity contribution in [3.8, 4) is 11.4 Å². The monoisotopic (exact) mass is 260 g/mol. The van der Waals surface area contributed by atoms with Crippen molar-refractivity contribution in [2.45, 2.75) is 25.8 Å². The van der Waals surface area contributed by atoms with Gasteiger partial charge in [0.15, 0.2) is 0 Å². The van der Waals surface area contributed by atoms with Gasteiger partial charge in [-0.3, -0.25) is 4.79 Å². The summed E-state index contributed by atoms with van der Waals surface area (Å²) in [6.07, 6.45) is 1.83. The summed E-state index contributed by atoms with van der Waals surface area (Å²) in [7, 11) is 0. The molecule has 6 nitrogen and oxygen atoms in total. The normalized spacial score (nSPS) is 11.3. The summed E-state index contributed by atoms with van der Waals surface area (Å²) in [4.78, 5) is 13.8. The molecule has 0 aromatic carbocycles. The average molecular weight is 260 g/mol.